The molecule has 3 heteroatoms. The van der Waals surface area contributed by atoms with E-state index in [2.05, 4.69) is 5.32 Å². The first-order valence-electron chi connectivity index (χ1n) is 6.27. The number of benzene rings is 1. The summed E-state index contributed by atoms with van der Waals surface area (Å²) in [6.45, 7) is 1.98. The summed E-state index contributed by atoms with van der Waals surface area (Å²) in [5.74, 6) is 0.649. The van der Waals surface area contributed by atoms with Crippen LogP contribution in [-0.2, 0) is 4.79 Å². The molecule has 1 aromatic rings. The molecule has 0 heterocycles. The van der Waals surface area contributed by atoms with Gasteiger partial charge in [-0.3, -0.25) is 4.79 Å². The maximum atomic E-state index is 11.9. The molecular formula is C14H20N2O. The van der Waals surface area contributed by atoms with E-state index >= 15 is 0 Å². The molecule has 2 atom stereocenters. The first-order valence-corrected chi connectivity index (χ1v) is 6.27. The van der Waals surface area contributed by atoms with Gasteiger partial charge in [-0.25, -0.2) is 0 Å². The van der Waals surface area contributed by atoms with Gasteiger partial charge in [-0.15, -0.1) is 0 Å². The smallest absolute Gasteiger partial charge is 0.237 e. The summed E-state index contributed by atoms with van der Waals surface area (Å²) in [5.41, 5.74) is 6.98. The molecule has 3 N–H and O–H groups in total. The minimum atomic E-state index is -0.353. The summed E-state index contributed by atoms with van der Waals surface area (Å²) in [5, 5.41) is 2.97. The minimum absolute atomic E-state index is 0.0222. The van der Waals surface area contributed by atoms with Gasteiger partial charge in [0.1, 0.15) is 0 Å². The van der Waals surface area contributed by atoms with Crippen molar-refractivity contribution in [1.82, 2.24) is 5.32 Å². The maximum Gasteiger partial charge on any atom is 0.237 e. The Morgan fingerprint density at radius 1 is 1.41 bits per heavy atom. The molecule has 0 saturated heterocycles. The molecular weight excluding hydrogens is 212 g/mol. The Bertz CT molecular complexity index is 373. The van der Waals surface area contributed by atoms with Crippen molar-refractivity contribution in [3.8, 4) is 0 Å². The molecule has 0 aromatic heterocycles. The largest absolute Gasteiger partial charge is 0.348 e. The van der Waals surface area contributed by atoms with E-state index in [1.165, 1.54) is 12.8 Å². The van der Waals surface area contributed by atoms with E-state index in [9.17, 15) is 4.79 Å². The fourth-order valence-corrected chi connectivity index (χ4v) is 1.97. The molecule has 2 rings (SSSR count). The van der Waals surface area contributed by atoms with Crippen molar-refractivity contribution in [3.05, 3.63) is 35.9 Å². The topological polar surface area (TPSA) is 55.1 Å². The van der Waals surface area contributed by atoms with Crippen LogP contribution in [0.3, 0.4) is 0 Å². The van der Waals surface area contributed by atoms with Crippen LogP contribution in [0.15, 0.2) is 30.3 Å². The van der Waals surface area contributed by atoms with Gasteiger partial charge in [0.05, 0.1) is 12.1 Å². The molecule has 17 heavy (non-hydrogen) atoms. The molecule has 0 aliphatic heterocycles. The van der Waals surface area contributed by atoms with Gasteiger partial charge in [-0.2, -0.15) is 0 Å². The van der Waals surface area contributed by atoms with Crippen LogP contribution in [0.1, 0.15) is 37.8 Å². The second-order valence-electron chi connectivity index (χ2n) is 4.93. The van der Waals surface area contributed by atoms with Crippen molar-refractivity contribution >= 4 is 5.91 Å². The van der Waals surface area contributed by atoms with E-state index in [-0.39, 0.29) is 18.0 Å². The standard InChI is InChI=1S/C14H20N2O/c1-10(12-5-3-2-4-6-12)16-14(17)13(15)9-11-7-8-11/h2-6,10-11,13H,7-9,15H2,1H3,(H,16,17). The van der Waals surface area contributed by atoms with Crippen LogP contribution >= 0.6 is 0 Å². The summed E-state index contributed by atoms with van der Waals surface area (Å²) in [6, 6.07) is 9.61. The molecule has 1 amide bonds. The van der Waals surface area contributed by atoms with Crippen molar-refractivity contribution in [2.75, 3.05) is 0 Å². The van der Waals surface area contributed by atoms with Gasteiger partial charge in [0, 0.05) is 0 Å². The van der Waals surface area contributed by atoms with Crippen molar-refractivity contribution in [2.24, 2.45) is 11.7 Å². The third-order valence-electron chi connectivity index (χ3n) is 3.28. The summed E-state index contributed by atoms with van der Waals surface area (Å²) < 4.78 is 0. The summed E-state index contributed by atoms with van der Waals surface area (Å²) in [4.78, 5) is 11.9. The lowest BCUT2D eigenvalue weighted by molar-refractivity contribution is -0.123. The van der Waals surface area contributed by atoms with Crippen LogP contribution in [0.5, 0.6) is 0 Å². The maximum absolute atomic E-state index is 11.9. The number of hydrogen-bond acceptors (Lipinski definition) is 2. The highest BCUT2D eigenvalue weighted by Gasteiger charge is 2.27. The zero-order valence-corrected chi connectivity index (χ0v) is 10.2. The van der Waals surface area contributed by atoms with Gasteiger partial charge >= 0.3 is 0 Å². The Labute approximate surface area is 102 Å². The highest BCUT2D eigenvalue weighted by molar-refractivity contribution is 5.81. The molecule has 1 aliphatic rings. The van der Waals surface area contributed by atoms with E-state index in [4.69, 9.17) is 5.73 Å². The van der Waals surface area contributed by atoms with Crippen LogP contribution in [0.25, 0.3) is 0 Å². The Morgan fingerprint density at radius 2 is 2.06 bits per heavy atom. The predicted molar refractivity (Wildman–Crippen MR) is 68.3 cm³/mol. The van der Waals surface area contributed by atoms with Crippen LogP contribution in [0.2, 0.25) is 0 Å². The third kappa shape index (κ3) is 3.56. The Balaban J connectivity index is 1.85. The lowest BCUT2D eigenvalue weighted by Crippen LogP contribution is -2.41. The van der Waals surface area contributed by atoms with Gasteiger partial charge in [-0.1, -0.05) is 43.2 Å². The van der Waals surface area contributed by atoms with Crippen LogP contribution in [-0.4, -0.2) is 11.9 Å². The Hall–Kier alpha value is -1.35. The molecule has 2 unspecified atom stereocenters. The van der Waals surface area contributed by atoms with Crippen molar-refractivity contribution < 1.29 is 4.79 Å². The van der Waals surface area contributed by atoms with Crippen LogP contribution in [0.4, 0.5) is 0 Å². The van der Waals surface area contributed by atoms with Gasteiger partial charge in [-0.05, 0) is 24.8 Å². The van der Waals surface area contributed by atoms with Gasteiger partial charge in [0.15, 0.2) is 0 Å². The minimum Gasteiger partial charge on any atom is -0.348 e. The van der Waals surface area contributed by atoms with Crippen LogP contribution in [0, 0.1) is 5.92 Å². The average molecular weight is 232 g/mol. The van der Waals surface area contributed by atoms with Crippen LogP contribution < -0.4 is 11.1 Å². The monoisotopic (exact) mass is 232 g/mol. The van der Waals surface area contributed by atoms with Gasteiger partial charge < -0.3 is 11.1 Å². The molecule has 1 saturated carbocycles. The molecule has 1 aromatic carbocycles. The number of nitrogens with one attached hydrogen (secondary N) is 1. The zero-order valence-electron chi connectivity index (χ0n) is 10.2. The van der Waals surface area contributed by atoms with E-state index in [1.54, 1.807) is 0 Å². The fourth-order valence-electron chi connectivity index (χ4n) is 1.97. The van der Waals surface area contributed by atoms with E-state index in [0.717, 1.165) is 12.0 Å². The van der Waals surface area contributed by atoms with Crippen molar-refractivity contribution in [2.45, 2.75) is 38.3 Å². The first-order chi connectivity index (χ1) is 8.16. The van der Waals surface area contributed by atoms with E-state index < -0.39 is 0 Å². The lowest BCUT2D eigenvalue weighted by atomic mass is 10.1. The molecule has 0 radical (unpaired) electrons. The highest BCUT2D eigenvalue weighted by Crippen LogP contribution is 2.33. The van der Waals surface area contributed by atoms with Gasteiger partial charge in [0.25, 0.3) is 0 Å². The molecule has 1 aliphatic carbocycles. The van der Waals surface area contributed by atoms with E-state index in [1.807, 2.05) is 37.3 Å². The van der Waals surface area contributed by atoms with Crippen molar-refractivity contribution in [3.63, 3.8) is 0 Å². The number of nitrogens with two attached hydrogens (primary N) is 1. The highest BCUT2D eigenvalue weighted by atomic mass is 16.2. The number of amides is 1. The lowest BCUT2D eigenvalue weighted by Gasteiger charge is -2.17. The normalized spacial score (nSPS) is 18.5. The second kappa shape index (κ2) is 5.32. The second-order valence-corrected chi connectivity index (χ2v) is 4.93. The molecule has 3 nitrogen and oxygen atoms in total. The van der Waals surface area contributed by atoms with Crippen molar-refractivity contribution in [1.29, 1.82) is 0 Å². The molecule has 0 bridgehead atoms. The summed E-state index contributed by atoms with van der Waals surface area (Å²) >= 11 is 0. The molecule has 92 valence electrons. The first kappa shape index (κ1) is 12.1. The number of hydrogen-bond donors (Lipinski definition) is 2. The van der Waals surface area contributed by atoms with Gasteiger partial charge in [0.2, 0.25) is 5.91 Å². The number of carbonyl (C=O) groups is 1. The Kier molecular flexibility index (Phi) is 3.79. The third-order valence-corrected chi connectivity index (χ3v) is 3.28. The molecule has 1 fully saturated rings. The zero-order chi connectivity index (χ0) is 12.3. The predicted octanol–water partition coefficient (Wildman–Crippen LogP) is 1.99. The summed E-state index contributed by atoms with van der Waals surface area (Å²) in [7, 11) is 0. The number of carbonyl (C=O) groups excluding carboxylic acids is 1. The summed E-state index contributed by atoms with van der Waals surface area (Å²) in [6.07, 6.45) is 3.29. The Morgan fingerprint density at radius 3 is 2.65 bits per heavy atom. The molecule has 0 spiro atoms. The van der Waals surface area contributed by atoms with E-state index in [0.29, 0.717) is 5.92 Å². The quantitative estimate of drug-likeness (QED) is 0.815. The SMILES string of the molecule is CC(NC(=O)C(N)CC1CC1)c1ccccc1. The number of rotatable bonds is 5. The fraction of sp³-hybridized carbons (Fsp3) is 0.500. The average Bonchev–Trinajstić information content (AvgIpc) is 3.14.